The summed E-state index contributed by atoms with van der Waals surface area (Å²) in [7, 11) is -4.12. The van der Waals surface area contributed by atoms with Gasteiger partial charge in [-0.3, -0.25) is 4.79 Å². The number of amides is 2. The van der Waals surface area contributed by atoms with Crippen molar-refractivity contribution in [1.29, 1.82) is 0 Å². The Morgan fingerprint density at radius 2 is 1.78 bits per heavy atom. The van der Waals surface area contributed by atoms with Gasteiger partial charge in [0, 0.05) is 12.5 Å². The third-order valence-corrected chi connectivity index (χ3v) is 9.15. The lowest BCUT2D eigenvalue weighted by Crippen LogP contribution is -2.52. The lowest BCUT2D eigenvalue weighted by atomic mass is 9.94. The summed E-state index contributed by atoms with van der Waals surface area (Å²) in [5.41, 5.74) is 3.74. The van der Waals surface area contributed by atoms with Gasteiger partial charge >= 0.3 is 12.1 Å². The van der Waals surface area contributed by atoms with E-state index in [4.69, 9.17) is 10.5 Å². The lowest BCUT2D eigenvalue weighted by Gasteiger charge is -2.26. The molecule has 41 heavy (non-hydrogen) atoms. The van der Waals surface area contributed by atoms with E-state index in [1.54, 1.807) is 24.3 Å². The minimum Gasteiger partial charge on any atom is -0.480 e. The van der Waals surface area contributed by atoms with Crippen molar-refractivity contribution in [1.82, 2.24) is 10.0 Å². The number of rotatable bonds is 16. The van der Waals surface area contributed by atoms with Crippen molar-refractivity contribution in [3.8, 4) is 0 Å². The summed E-state index contributed by atoms with van der Waals surface area (Å²) in [5, 5.41) is 15.3. The van der Waals surface area contributed by atoms with Crippen LogP contribution in [0.1, 0.15) is 77.6 Å². The molecule has 2 aliphatic rings. The van der Waals surface area contributed by atoms with Gasteiger partial charge in [-0.15, -0.1) is 19.0 Å². The van der Waals surface area contributed by atoms with Gasteiger partial charge in [0.15, 0.2) is 0 Å². The third-order valence-electron chi connectivity index (χ3n) is 7.76. The summed E-state index contributed by atoms with van der Waals surface area (Å²) in [5.74, 6) is -2.08. The number of halogens is 1. The highest BCUT2D eigenvalue weighted by atomic mass is 35.5. The largest absolute Gasteiger partial charge is 0.480 e. The van der Waals surface area contributed by atoms with E-state index in [0.29, 0.717) is 25.1 Å². The Morgan fingerprint density at radius 3 is 2.41 bits per heavy atom. The fourth-order valence-corrected chi connectivity index (χ4v) is 6.20. The average Bonchev–Trinajstić information content (AvgIpc) is 3.32. The number of hydrogen-bond acceptors (Lipinski definition) is 8. The predicted octanol–water partition coefficient (Wildman–Crippen LogP) is 4.08. The zero-order valence-electron chi connectivity index (χ0n) is 23.5. The first-order valence-corrected chi connectivity index (χ1v) is 15.4. The van der Waals surface area contributed by atoms with Gasteiger partial charge in [0.1, 0.15) is 22.1 Å². The second-order valence-electron chi connectivity index (χ2n) is 11.0. The number of benzene rings is 1. The molecular weight excluding hydrogens is 572 g/mol. The number of hydrogen-bond donors (Lipinski definition) is 5. The Kier molecular flexibility index (Phi) is 12.5. The summed E-state index contributed by atoms with van der Waals surface area (Å²) in [6.07, 6.45) is 8.90. The topological polar surface area (TPSA) is 177 Å². The van der Waals surface area contributed by atoms with Crippen molar-refractivity contribution in [3.05, 3.63) is 36.9 Å². The van der Waals surface area contributed by atoms with E-state index in [9.17, 15) is 27.9 Å². The summed E-state index contributed by atoms with van der Waals surface area (Å²) < 4.78 is 33.2. The molecule has 0 saturated heterocycles. The van der Waals surface area contributed by atoms with Crippen LogP contribution in [0.4, 0.5) is 10.5 Å². The molecule has 0 aromatic heterocycles. The maximum Gasteiger partial charge on any atom is 0.408 e. The minimum absolute atomic E-state index is 0. The number of carbonyl (C=O) groups excluding carboxylic acids is 2. The normalized spacial score (nSPS) is 21.6. The number of alkyl carbamates (subject to hydrolysis) is 1. The number of nitrogens with two attached hydrogens (primary N) is 1. The van der Waals surface area contributed by atoms with E-state index in [1.165, 1.54) is 13.0 Å². The van der Waals surface area contributed by atoms with Gasteiger partial charge in [0.25, 0.3) is 15.9 Å². The molecule has 3 atom stereocenters. The number of nitrogens with one attached hydrogen (secondary N) is 3. The molecule has 2 saturated carbocycles. The van der Waals surface area contributed by atoms with Crippen molar-refractivity contribution in [3.63, 3.8) is 0 Å². The Balaban J connectivity index is 0.00000588. The number of anilines is 1. The SMILES string of the molecule is C=C[C@@H]1C[C@]1(N)C(=O)NS(=O)(=O)c1ccccc1NCCCCCCC[C@](C)(NC(=O)OC1CCCC1)C(=O)O.Cl. The summed E-state index contributed by atoms with van der Waals surface area (Å²) in [6, 6.07) is 6.36. The van der Waals surface area contributed by atoms with Crippen LogP contribution >= 0.6 is 12.4 Å². The number of aliphatic carboxylic acids is 1. The molecule has 0 radical (unpaired) electrons. The summed E-state index contributed by atoms with van der Waals surface area (Å²) >= 11 is 0. The van der Waals surface area contributed by atoms with Crippen LogP contribution in [0.25, 0.3) is 0 Å². The molecule has 11 nitrogen and oxygen atoms in total. The summed E-state index contributed by atoms with van der Waals surface area (Å²) in [4.78, 5) is 36.4. The molecule has 13 heteroatoms. The monoisotopic (exact) mass is 614 g/mol. The van der Waals surface area contributed by atoms with Gasteiger partial charge in [0.05, 0.1) is 5.69 Å². The van der Waals surface area contributed by atoms with Gasteiger partial charge in [-0.2, -0.15) is 0 Å². The molecule has 2 amide bonds. The highest BCUT2D eigenvalue weighted by Gasteiger charge is 2.56. The fourth-order valence-electron chi connectivity index (χ4n) is 4.97. The van der Waals surface area contributed by atoms with Gasteiger partial charge in [-0.05, 0) is 64.0 Å². The highest BCUT2D eigenvalue weighted by Crippen LogP contribution is 2.42. The van der Waals surface area contributed by atoms with Crippen LogP contribution in [-0.4, -0.2) is 55.2 Å². The van der Waals surface area contributed by atoms with Crippen LogP contribution in [0.5, 0.6) is 0 Å². The molecule has 0 aliphatic heterocycles. The second kappa shape index (κ2) is 14.9. The van der Waals surface area contributed by atoms with Crippen LogP contribution < -0.4 is 21.1 Å². The zero-order chi connectivity index (χ0) is 29.4. The van der Waals surface area contributed by atoms with E-state index in [0.717, 1.165) is 51.4 Å². The maximum atomic E-state index is 12.9. The Labute approximate surface area is 248 Å². The van der Waals surface area contributed by atoms with E-state index in [1.807, 2.05) is 0 Å². The first-order chi connectivity index (χ1) is 18.9. The standard InChI is InChI=1S/C28H42N4O7S.ClH/c1-3-20-19-28(20,29)24(33)32-40(37,38)23-16-10-9-15-22(23)30-18-12-6-4-5-11-17-27(2,25(34)35)31-26(36)39-21-13-7-8-14-21;/h3,9-10,15-16,20-21,30H,1,4-8,11-14,17-19,29H2,2H3,(H,31,36)(H,32,33)(H,34,35);1H/t20-,27+,28-;/m1./s1. The van der Waals surface area contributed by atoms with E-state index < -0.39 is 39.1 Å². The number of ether oxygens (including phenoxy) is 1. The molecule has 2 aliphatic carbocycles. The van der Waals surface area contributed by atoms with E-state index in [2.05, 4.69) is 21.9 Å². The quantitative estimate of drug-likeness (QED) is 0.136. The van der Waals surface area contributed by atoms with Crippen molar-refractivity contribution < 1.29 is 32.6 Å². The summed E-state index contributed by atoms with van der Waals surface area (Å²) in [6.45, 7) is 5.63. The van der Waals surface area contributed by atoms with Crippen molar-refractivity contribution in [2.45, 2.75) is 99.6 Å². The van der Waals surface area contributed by atoms with Crippen LogP contribution in [0.2, 0.25) is 0 Å². The average molecular weight is 615 g/mol. The van der Waals surface area contributed by atoms with Crippen LogP contribution in [0.3, 0.4) is 0 Å². The Morgan fingerprint density at radius 1 is 1.15 bits per heavy atom. The molecule has 6 N–H and O–H groups in total. The minimum atomic E-state index is -4.12. The van der Waals surface area contributed by atoms with Gasteiger partial charge in [0.2, 0.25) is 0 Å². The number of carboxylic acid groups (broad SMARTS) is 1. The fraction of sp³-hybridized carbons (Fsp3) is 0.607. The molecule has 3 rings (SSSR count). The Bertz CT molecular complexity index is 1190. The number of para-hydroxylation sites is 1. The number of carboxylic acids is 1. The van der Waals surface area contributed by atoms with Crippen LogP contribution in [-0.2, 0) is 24.3 Å². The van der Waals surface area contributed by atoms with Crippen molar-refractivity contribution in [2.24, 2.45) is 11.7 Å². The molecule has 0 unspecified atom stereocenters. The molecule has 230 valence electrons. The number of carbonyl (C=O) groups is 3. The predicted molar refractivity (Wildman–Crippen MR) is 158 cm³/mol. The first-order valence-electron chi connectivity index (χ1n) is 13.9. The molecular formula is C28H43ClN4O7S. The maximum absolute atomic E-state index is 12.9. The van der Waals surface area contributed by atoms with Crippen LogP contribution in [0.15, 0.2) is 41.8 Å². The molecule has 1 aromatic carbocycles. The van der Waals surface area contributed by atoms with Gasteiger partial charge in [-0.25, -0.2) is 22.7 Å². The smallest absolute Gasteiger partial charge is 0.408 e. The van der Waals surface area contributed by atoms with Crippen molar-refractivity contribution in [2.75, 3.05) is 11.9 Å². The highest BCUT2D eigenvalue weighted by molar-refractivity contribution is 7.90. The van der Waals surface area contributed by atoms with E-state index in [-0.39, 0.29) is 35.7 Å². The first kappa shape index (κ1) is 34.4. The molecule has 0 heterocycles. The number of unbranched alkanes of at least 4 members (excludes halogenated alkanes) is 4. The van der Waals surface area contributed by atoms with E-state index >= 15 is 0 Å². The van der Waals surface area contributed by atoms with Crippen molar-refractivity contribution >= 4 is 46.1 Å². The molecule has 2 fully saturated rings. The molecule has 0 spiro atoms. The third kappa shape index (κ3) is 9.34. The molecule has 0 bridgehead atoms. The van der Waals surface area contributed by atoms with Crippen LogP contribution in [0, 0.1) is 5.92 Å². The Hall–Kier alpha value is -2.83. The lowest BCUT2D eigenvalue weighted by molar-refractivity contribution is -0.144. The zero-order valence-corrected chi connectivity index (χ0v) is 25.2. The second-order valence-corrected chi connectivity index (χ2v) is 12.7. The van der Waals surface area contributed by atoms with Gasteiger partial charge < -0.3 is 26.2 Å². The number of sulfonamides is 1. The van der Waals surface area contributed by atoms with Gasteiger partial charge in [-0.1, -0.05) is 43.9 Å². The molecule has 1 aromatic rings.